The van der Waals surface area contributed by atoms with E-state index >= 15 is 0 Å². The van der Waals surface area contributed by atoms with Crippen LogP contribution in [0.25, 0.3) is 11.1 Å². The molecule has 2 aliphatic rings. The standard InChI is InChI=1S/C25H31N5OS/c1-16(2)30-10-8-18(9-11-30)22-23(31)29(4)24(27)28-25(22,3)21-13-20(15-32-21)19-7-5-6-17(12-19)14-26/h5-7,12-13,15-16,18,22H,8-11H2,1-4H3,(H2,27,28)/t22?,25-/m1/s1. The van der Waals surface area contributed by atoms with Gasteiger partial charge in [0, 0.05) is 18.0 Å². The maximum Gasteiger partial charge on any atom is 0.235 e. The number of thiophene rings is 1. The van der Waals surface area contributed by atoms with Crippen molar-refractivity contribution < 1.29 is 4.79 Å². The third-order valence-electron chi connectivity index (χ3n) is 7.14. The quantitative estimate of drug-likeness (QED) is 0.732. The zero-order chi connectivity index (χ0) is 23.0. The lowest BCUT2D eigenvalue weighted by Gasteiger charge is -2.49. The van der Waals surface area contributed by atoms with E-state index in [2.05, 4.69) is 48.5 Å². The van der Waals surface area contributed by atoms with E-state index in [1.165, 1.54) is 4.90 Å². The van der Waals surface area contributed by atoms with Gasteiger partial charge in [0.05, 0.1) is 23.1 Å². The number of hydrogen-bond donors (Lipinski definition) is 2. The number of nitrogens with one attached hydrogen (secondary N) is 2. The average molecular weight is 450 g/mol. The fourth-order valence-corrected chi connectivity index (χ4v) is 6.23. The molecule has 2 saturated heterocycles. The lowest BCUT2D eigenvalue weighted by molar-refractivity contribution is -0.139. The van der Waals surface area contributed by atoms with Gasteiger partial charge in [0.15, 0.2) is 5.96 Å². The number of nitrogens with zero attached hydrogens (tertiary/aromatic N) is 3. The van der Waals surface area contributed by atoms with E-state index in [0.29, 0.717) is 11.6 Å². The Hall–Kier alpha value is -2.69. The van der Waals surface area contributed by atoms with Crippen LogP contribution in [0.2, 0.25) is 0 Å². The third-order valence-corrected chi connectivity index (χ3v) is 8.31. The van der Waals surface area contributed by atoms with E-state index in [-0.39, 0.29) is 23.7 Å². The van der Waals surface area contributed by atoms with E-state index in [0.717, 1.165) is 41.9 Å². The molecule has 1 aromatic carbocycles. The topological polar surface area (TPSA) is 83.2 Å². The largest absolute Gasteiger partial charge is 0.345 e. The van der Waals surface area contributed by atoms with Crippen molar-refractivity contribution in [3.63, 3.8) is 0 Å². The average Bonchev–Trinajstić information content (AvgIpc) is 3.29. The number of hydrogen-bond acceptors (Lipinski definition) is 5. The molecule has 1 unspecified atom stereocenters. The highest BCUT2D eigenvalue weighted by molar-refractivity contribution is 7.10. The second-order valence-corrected chi connectivity index (χ2v) is 10.3. The van der Waals surface area contributed by atoms with Gasteiger partial charge in [-0.25, -0.2) is 0 Å². The summed E-state index contributed by atoms with van der Waals surface area (Å²) in [6, 6.07) is 12.4. The number of rotatable bonds is 4. The lowest BCUT2D eigenvalue weighted by Crippen LogP contribution is -2.65. The second kappa shape index (κ2) is 8.68. The molecule has 2 aromatic rings. The van der Waals surface area contributed by atoms with Gasteiger partial charge >= 0.3 is 0 Å². The molecule has 2 fully saturated rings. The molecule has 2 atom stereocenters. The Labute approximate surface area is 194 Å². The number of likely N-dealkylation sites (tertiary alicyclic amines) is 1. The van der Waals surface area contributed by atoms with Crippen LogP contribution in [0.1, 0.15) is 44.1 Å². The summed E-state index contributed by atoms with van der Waals surface area (Å²) in [6.45, 7) is 8.52. The van der Waals surface area contributed by atoms with Gasteiger partial charge in [-0.3, -0.25) is 15.1 Å². The fraction of sp³-hybridized carbons (Fsp3) is 0.480. The fourth-order valence-electron chi connectivity index (χ4n) is 5.16. The number of amides is 1. The zero-order valence-corrected chi connectivity index (χ0v) is 20.0. The van der Waals surface area contributed by atoms with Gasteiger partial charge in [-0.1, -0.05) is 12.1 Å². The first-order chi connectivity index (χ1) is 15.2. The summed E-state index contributed by atoms with van der Waals surface area (Å²) >= 11 is 1.62. The van der Waals surface area contributed by atoms with E-state index in [4.69, 9.17) is 5.41 Å². The van der Waals surface area contributed by atoms with Crippen molar-refractivity contribution >= 4 is 23.2 Å². The van der Waals surface area contributed by atoms with Crippen LogP contribution in [0.15, 0.2) is 35.7 Å². The summed E-state index contributed by atoms with van der Waals surface area (Å²) in [5.74, 6) is 0.210. The SMILES string of the molecule is CC(C)N1CCC(C2C(=O)N(C)C(=N)N[C@]2(C)c2cc(-c3cccc(C#N)c3)cs2)CC1. The van der Waals surface area contributed by atoms with Gasteiger partial charge in [-0.15, -0.1) is 11.3 Å². The number of benzene rings is 1. The molecule has 2 aliphatic heterocycles. The molecule has 0 saturated carbocycles. The van der Waals surface area contributed by atoms with Crippen LogP contribution in [0.5, 0.6) is 0 Å². The highest BCUT2D eigenvalue weighted by atomic mass is 32.1. The first-order valence-corrected chi connectivity index (χ1v) is 12.1. The molecule has 0 aliphatic carbocycles. The molecule has 168 valence electrons. The van der Waals surface area contributed by atoms with Gasteiger partial charge in [0.2, 0.25) is 5.91 Å². The minimum atomic E-state index is -0.638. The maximum atomic E-state index is 13.5. The van der Waals surface area contributed by atoms with Crippen molar-refractivity contribution in [1.29, 1.82) is 10.7 Å². The molecule has 4 rings (SSSR count). The molecule has 3 heterocycles. The normalized spacial score (nSPS) is 25.1. The molecule has 2 N–H and O–H groups in total. The van der Waals surface area contributed by atoms with Gasteiger partial charge < -0.3 is 10.2 Å². The number of guanidine groups is 1. The monoisotopic (exact) mass is 449 g/mol. The highest BCUT2D eigenvalue weighted by Crippen LogP contribution is 2.45. The Kier molecular flexibility index (Phi) is 6.11. The molecule has 32 heavy (non-hydrogen) atoms. The number of nitriles is 1. The Morgan fingerprint density at radius 3 is 2.62 bits per heavy atom. The van der Waals surface area contributed by atoms with E-state index in [9.17, 15) is 10.1 Å². The number of piperidine rings is 1. The first-order valence-electron chi connectivity index (χ1n) is 11.2. The van der Waals surface area contributed by atoms with Crippen molar-refractivity contribution in [3.05, 3.63) is 46.2 Å². The number of carbonyl (C=O) groups is 1. The van der Waals surface area contributed by atoms with Crippen LogP contribution in [0, 0.1) is 28.6 Å². The van der Waals surface area contributed by atoms with Gasteiger partial charge in [-0.05, 0) is 87.3 Å². The number of carbonyl (C=O) groups excluding carboxylic acids is 1. The van der Waals surface area contributed by atoms with Crippen LogP contribution in [-0.2, 0) is 10.3 Å². The van der Waals surface area contributed by atoms with Crippen LogP contribution in [-0.4, -0.2) is 47.8 Å². The predicted molar refractivity (Wildman–Crippen MR) is 128 cm³/mol. The summed E-state index contributed by atoms with van der Waals surface area (Å²) < 4.78 is 0. The molecular formula is C25H31N5OS. The molecule has 1 aromatic heterocycles. The first kappa shape index (κ1) is 22.5. The zero-order valence-electron chi connectivity index (χ0n) is 19.2. The molecule has 0 radical (unpaired) electrons. The van der Waals surface area contributed by atoms with Crippen LogP contribution < -0.4 is 5.32 Å². The van der Waals surface area contributed by atoms with Gasteiger partial charge in [0.1, 0.15) is 0 Å². The Bertz CT molecular complexity index is 1060. The van der Waals surface area contributed by atoms with Crippen molar-refractivity contribution in [2.45, 2.75) is 45.2 Å². The highest BCUT2D eigenvalue weighted by Gasteiger charge is 2.52. The van der Waals surface area contributed by atoms with Crippen molar-refractivity contribution in [1.82, 2.24) is 15.1 Å². The molecule has 6 nitrogen and oxygen atoms in total. The van der Waals surface area contributed by atoms with Crippen LogP contribution in [0.4, 0.5) is 0 Å². The summed E-state index contributed by atoms with van der Waals surface area (Å²) in [7, 11) is 1.70. The predicted octanol–water partition coefficient (Wildman–Crippen LogP) is 4.23. The van der Waals surface area contributed by atoms with Crippen molar-refractivity contribution in [2.24, 2.45) is 11.8 Å². The summed E-state index contributed by atoms with van der Waals surface area (Å²) in [6.07, 6.45) is 1.96. The summed E-state index contributed by atoms with van der Waals surface area (Å²) in [4.78, 5) is 18.5. The summed E-state index contributed by atoms with van der Waals surface area (Å²) in [5.41, 5.74) is 2.02. The van der Waals surface area contributed by atoms with E-state index in [1.54, 1.807) is 24.5 Å². The molecule has 0 bridgehead atoms. The van der Waals surface area contributed by atoms with Gasteiger partial charge in [-0.2, -0.15) is 5.26 Å². The van der Waals surface area contributed by atoms with Gasteiger partial charge in [0.25, 0.3) is 0 Å². The minimum absolute atomic E-state index is 0.0284. The third kappa shape index (κ3) is 3.94. The lowest BCUT2D eigenvalue weighted by atomic mass is 9.70. The Balaban J connectivity index is 1.68. The smallest absolute Gasteiger partial charge is 0.235 e. The van der Waals surface area contributed by atoms with E-state index in [1.807, 2.05) is 18.2 Å². The molecule has 0 spiro atoms. The molecular weight excluding hydrogens is 418 g/mol. The molecule has 7 heteroatoms. The van der Waals surface area contributed by atoms with Crippen molar-refractivity contribution in [3.8, 4) is 17.2 Å². The van der Waals surface area contributed by atoms with Crippen LogP contribution in [0.3, 0.4) is 0 Å². The Morgan fingerprint density at radius 1 is 1.25 bits per heavy atom. The Morgan fingerprint density at radius 2 is 1.97 bits per heavy atom. The van der Waals surface area contributed by atoms with Crippen molar-refractivity contribution in [2.75, 3.05) is 20.1 Å². The van der Waals surface area contributed by atoms with E-state index < -0.39 is 5.54 Å². The second-order valence-electron chi connectivity index (χ2n) is 9.41. The summed E-state index contributed by atoms with van der Waals surface area (Å²) in [5, 5.41) is 23.1. The maximum absolute atomic E-state index is 13.5. The van der Waals surface area contributed by atoms with Crippen LogP contribution >= 0.6 is 11.3 Å². The molecule has 1 amide bonds. The minimum Gasteiger partial charge on any atom is -0.345 e.